The number of halogens is 4. The van der Waals surface area contributed by atoms with Gasteiger partial charge in [-0.15, -0.1) is 0 Å². The number of alkyl halides is 3. The number of carbonyl (C=O) groups excluding carboxylic acids is 1. The van der Waals surface area contributed by atoms with E-state index in [1.165, 1.54) is 6.20 Å². The minimum atomic E-state index is -4.58. The first-order valence-corrected chi connectivity index (χ1v) is 10.9. The molecular formula is C22H21ClF3N5O. The van der Waals surface area contributed by atoms with Crippen molar-refractivity contribution in [3.63, 3.8) is 0 Å². The summed E-state index contributed by atoms with van der Waals surface area (Å²) >= 11 is 6.24. The molecule has 1 aliphatic heterocycles. The van der Waals surface area contributed by atoms with Crippen LogP contribution in [0.25, 0.3) is 5.65 Å². The summed E-state index contributed by atoms with van der Waals surface area (Å²) in [5, 5.41) is 4.57. The zero-order valence-corrected chi connectivity index (χ0v) is 17.9. The summed E-state index contributed by atoms with van der Waals surface area (Å²) in [7, 11) is 0. The molecule has 2 aliphatic rings. The van der Waals surface area contributed by atoms with Gasteiger partial charge in [0.25, 0.3) is 5.91 Å². The average Bonchev–Trinajstić information content (AvgIpc) is 3.53. The van der Waals surface area contributed by atoms with Crippen LogP contribution in [0.15, 0.2) is 36.5 Å². The first-order valence-electron chi connectivity index (χ1n) is 10.5. The van der Waals surface area contributed by atoms with E-state index in [2.05, 4.69) is 15.0 Å². The standard InChI is InChI=1S/C22H21ClF3N5O/c23-17-4-2-1-3-15(17)13-29-7-9-30(10-8-29)21(32)16-12-27-31-19(22(24,25)26)11-18(14-5-6-14)28-20(16)31/h1-4,11-12,14H,5-10,13H2. The maximum absolute atomic E-state index is 13.6. The molecule has 0 radical (unpaired) electrons. The molecule has 3 heterocycles. The zero-order valence-electron chi connectivity index (χ0n) is 17.1. The molecule has 5 rings (SSSR count). The van der Waals surface area contributed by atoms with Crippen LogP contribution in [-0.4, -0.2) is 56.5 Å². The van der Waals surface area contributed by atoms with E-state index in [4.69, 9.17) is 11.6 Å². The van der Waals surface area contributed by atoms with Gasteiger partial charge in [-0.2, -0.15) is 18.3 Å². The van der Waals surface area contributed by atoms with Crippen molar-refractivity contribution in [2.24, 2.45) is 0 Å². The molecule has 1 saturated carbocycles. The van der Waals surface area contributed by atoms with Crippen molar-refractivity contribution in [3.8, 4) is 0 Å². The fourth-order valence-corrected chi connectivity index (χ4v) is 4.27. The molecule has 0 unspecified atom stereocenters. The van der Waals surface area contributed by atoms with Crippen molar-refractivity contribution in [1.82, 2.24) is 24.4 Å². The van der Waals surface area contributed by atoms with Crippen LogP contribution in [0.2, 0.25) is 5.02 Å². The van der Waals surface area contributed by atoms with Crippen LogP contribution in [-0.2, 0) is 12.7 Å². The fraction of sp³-hybridized carbons (Fsp3) is 0.409. The van der Waals surface area contributed by atoms with Gasteiger partial charge in [0.2, 0.25) is 0 Å². The van der Waals surface area contributed by atoms with Crippen LogP contribution in [0.5, 0.6) is 0 Å². The Hall–Kier alpha value is -2.65. The first-order chi connectivity index (χ1) is 15.3. The van der Waals surface area contributed by atoms with E-state index in [-0.39, 0.29) is 23.0 Å². The lowest BCUT2D eigenvalue weighted by Crippen LogP contribution is -2.48. The van der Waals surface area contributed by atoms with Gasteiger partial charge in [0.05, 0.1) is 6.20 Å². The van der Waals surface area contributed by atoms with Crippen molar-refractivity contribution < 1.29 is 18.0 Å². The SMILES string of the molecule is O=C(c1cnn2c(C(F)(F)F)cc(C3CC3)nc12)N1CCN(Cc2ccccc2Cl)CC1. The van der Waals surface area contributed by atoms with Gasteiger partial charge in [-0.3, -0.25) is 9.69 Å². The second-order valence-corrected chi connectivity index (χ2v) is 8.70. The molecule has 2 fully saturated rings. The topological polar surface area (TPSA) is 53.7 Å². The Morgan fingerprint density at radius 1 is 1.12 bits per heavy atom. The molecule has 3 aromatic rings. The van der Waals surface area contributed by atoms with E-state index < -0.39 is 11.9 Å². The molecule has 0 bridgehead atoms. The Kier molecular flexibility index (Phi) is 5.33. The summed E-state index contributed by atoms with van der Waals surface area (Å²) in [4.78, 5) is 21.4. The third-order valence-corrected chi connectivity index (χ3v) is 6.39. The molecule has 0 atom stereocenters. The number of rotatable bonds is 4. The lowest BCUT2D eigenvalue weighted by atomic mass is 10.2. The van der Waals surface area contributed by atoms with Gasteiger partial charge in [-0.05, 0) is 30.5 Å². The summed E-state index contributed by atoms with van der Waals surface area (Å²) in [6.07, 6.45) is -1.76. The monoisotopic (exact) mass is 463 g/mol. The highest BCUT2D eigenvalue weighted by Gasteiger charge is 2.38. The Bertz CT molecular complexity index is 1170. The van der Waals surface area contributed by atoms with Gasteiger partial charge in [0.1, 0.15) is 11.3 Å². The summed E-state index contributed by atoms with van der Waals surface area (Å²) in [6.45, 7) is 2.90. The third-order valence-electron chi connectivity index (χ3n) is 6.02. The lowest BCUT2D eigenvalue weighted by Gasteiger charge is -2.34. The maximum atomic E-state index is 13.6. The van der Waals surface area contributed by atoms with Gasteiger partial charge in [0.15, 0.2) is 5.65 Å². The van der Waals surface area contributed by atoms with E-state index in [1.807, 2.05) is 24.3 Å². The van der Waals surface area contributed by atoms with Crippen LogP contribution in [0.3, 0.4) is 0 Å². The second-order valence-electron chi connectivity index (χ2n) is 8.29. The molecule has 6 nitrogen and oxygen atoms in total. The minimum Gasteiger partial charge on any atom is -0.336 e. The minimum absolute atomic E-state index is 0.0207. The number of carbonyl (C=O) groups is 1. The van der Waals surface area contributed by atoms with Gasteiger partial charge in [0, 0.05) is 49.4 Å². The molecule has 0 N–H and O–H groups in total. The number of aromatic nitrogens is 3. The molecule has 1 aliphatic carbocycles. The Labute approximate surface area is 187 Å². The van der Waals surface area contributed by atoms with Gasteiger partial charge in [-0.25, -0.2) is 9.50 Å². The summed E-state index contributed by atoms with van der Waals surface area (Å²) < 4.78 is 41.5. The first kappa shape index (κ1) is 21.2. The van der Waals surface area contributed by atoms with E-state index in [1.54, 1.807) is 4.90 Å². The highest BCUT2D eigenvalue weighted by atomic mass is 35.5. The van der Waals surface area contributed by atoms with Crippen molar-refractivity contribution in [2.45, 2.75) is 31.5 Å². The Morgan fingerprint density at radius 3 is 2.50 bits per heavy atom. The quantitative estimate of drug-likeness (QED) is 0.581. The van der Waals surface area contributed by atoms with Crippen LogP contribution in [0, 0.1) is 0 Å². The van der Waals surface area contributed by atoms with E-state index >= 15 is 0 Å². The molecule has 1 aromatic carbocycles. The second kappa shape index (κ2) is 8.04. The number of nitrogens with zero attached hydrogens (tertiary/aromatic N) is 5. The van der Waals surface area contributed by atoms with Crippen LogP contribution in [0.1, 0.15) is 46.1 Å². The number of benzene rings is 1. The van der Waals surface area contributed by atoms with Crippen LogP contribution < -0.4 is 0 Å². The van der Waals surface area contributed by atoms with Gasteiger partial charge >= 0.3 is 6.18 Å². The Morgan fingerprint density at radius 2 is 1.84 bits per heavy atom. The molecule has 0 spiro atoms. The highest BCUT2D eigenvalue weighted by Crippen LogP contribution is 2.41. The smallest absolute Gasteiger partial charge is 0.336 e. The van der Waals surface area contributed by atoms with E-state index in [0.29, 0.717) is 43.4 Å². The molecule has 1 saturated heterocycles. The molecule has 32 heavy (non-hydrogen) atoms. The molecule has 168 valence electrons. The highest BCUT2D eigenvalue weighted by molar-refractivity contribution is 6.31. The lowest BCUT2D eigenvalue weighted by molar-refractivity contribution is -0.142. The Balaban J connectivity index is 1.35. The maximum Gasteiger partial charge on any atom is 0.433 e. The number of amides is 1. The predicted molar refractivity (Wildman–Crippen MR) is 113 cm³/mol. The summed E-state index contributed by atoms with van der Waals surface area (Å²) in [6, 6.07) is 8.69. The normalized spacial score (nSPS) is 17.8. The van der Waals surface area contributed by atoms with Crippen molar-refractivity contribution in [1.29, 1.82) is 0 Å². The molecule has 1 amide bonds. The van der Waals surface area contributed by atoms with Crippen LogP contribution in [0.4, 0.5) is 13.2 Å². The van der Waals surface area contributed by atoms with Gasteiger partial charge < -0.3 is 4.90 Å². The van der Waals surface area contributed by atoms with Crippen LogP contribution >= 0.6 is 11.6 Å². The molecule has 10 heteroatoms. The van der Waals surface area contributed by atoms with Crippen molar-refractivity contribution >= 4 is 23.2 Å². The largest absolute Gasteiger partial charge is 0.433 e. The number of piperazine rings is 1. The zero-order chi connectivity index (χ0) is 22.5. The molecular weight excluding hydrogens is 443 g/mol. The third kappa shape index (κ3) is 4.06. The summed E-state index contributed by atoms with van der Waals surface area (Å²) in [5.74, 6) is -0.321. The number of hydrogen-bond acceptors (Lipinski definition) is 4. The van der Waals surface area contributed by atoms with E-state index in [9.17, 15) is 18.0 Å². The number of hydrogen-bond donors (Lipinski definition) is 0. The van der Waals surface area contributed by atoms with Crippen molar-refractivity contribution in [3.05, 3.63) is 64.1 Å². The molecule has 2 aromatic heterocycles. The summed E-state index contributed by atoms with van der Waals surface area (Å²) in [5.41, 5.74) is 0.591. The fourth-order valence-electron chi connectivity index (χ4n) is 4.07. The predicted octanol–water partition coefficient (Wildman–Crippen LogP) is 4.24. The number of fused-ring (bicyclic) bond motifs is 1. The van der Waals surface area contributed by atoms with E-state index in [0.717, 1.165) is 29.0 Å². The van der Waals surface area contributed by atoms with Crippen molar-refractivity contribution in [2.75, 3.05) is 26.2 Å². The van der Waals surface area contributed by atoms with Gasteiger partial charge in [-0.1, -0.05) is 29.8 Å². The average molecular weight is 464 g/mol.